The second kappa shape index (κ2) is 20.7. The molecule has 0 fully saturated rings. The predicted molar refractivity (Wildman–Crippen MR) is 257 cm³/mol. The monoisotopic (exact) mass is 976 g/mol. The molecule has 3 aliphatic carbocycles. The van der Waals surface area contributed by atoms with Crippen molar-refractivity contribution in [3.63, 3.8) is 0 Å². The second-order valence-electron chi connectivity index (χ2n) is 14.7. The number of fused-ring (bicyclic) bond motifs is 3. The van der Waals surface area contributed by atoms with Crippen LogP contribution in [0.3, 0.4) is 0 Å². The number of halogens is 2. The average molecular weight is 979 g/mol. The summed E-state index contributed by atoms with van der Waals surface area (Å²) in [6.45, 7) is 0. The van der Waals surface area contributed by atoms with Crippen molar-refractivity contribution in [2.24, 2.45) is 0 Å². The molecule has 5 nitrogen and oxygen atoms in total. The zero-order valence-corrected chi connectivity index (χ0v) is 39.9. The van der Waals surface area contributed by atoms with E-state index in [0.717, 1.165) is 75.4 Å². The van der Waals surface area contributed by atoms with E-state index in [1.807, 2.05) is 127 Å². The van der Waals surface area contributed by atoms with Crippen LogP contribution in [0.25, 0.3) is 43.8 Å². The van der Waals surface area contributed by atoms with Crippen LogP contribution in [0, 0.1) is 0 Å². The van der Waals surface area contributed by atoms with Gasteiger partial charge in [0.1, 0.15) is 5.78 Å². The molecule has 0 radical (unpaired) electrons. The van der Waals surface area contributed by atoms with E-state index in [-0.39, 0.29) is 75.9 Å². The number of allylic oxidation sites excluding steroid dienone is 4. The zero-order valence-electron chi connectivity index (χ0n) is 33.6. The Balaban J connectivity index is 0.000000167. The molecule has 0 spiro atoms. The summed E-state index contributed by atoms with van der Waals surface area (Å²) in [7, 11) is 0. The Labute approximate surface area is 425 Å². The minimum absolute atomic E-state index is 0. The first-order valence-electron chi connectivity index (χ1n) is 19.6. The first-order valence-corrected chi connectivity index (χ1v) is 21.1. The van der Waals surface area contributed by atoms with Crippen molar-refractivity contribution < 1.29 is 76.0 Å². The Hall–Kier alpha value is -5.00. The quantitative estimate of drug-likeness (QED) is 0.122. The summed E-state index contributed by atoms with van der Waals surface area (Å²) < 4.78 is 1.98. The van der Waals surface area contributed by atoms with Crippen LogP contribution in [-0.4, -0.2) is 28.6 Å². The van der Waals surface area contributed by atoms with Crippen molar-refractivity contribution in [3.05, 3.63) is 235 Å². The van der Waals surface area contributed by atoms with Gasteiger partial charge in [0.05, 0.1) is 0 Å². The Bertz CT molecular complexity index is 2970. The number of rotatable bonds is 6. The molecule has 0 atom stereocenters. The third-order valence-electron chi connectivity index (χ3n) is 11.0. The maximum atomic E-state index is 13.8. The number of Topliss-reactive ketones (excluding diaryl/α,β-unsaturated/α-hetero) is 4. The molecule has 0 saturated heterocycles. The Morgan fingerprint density at radius 3 is 1.17 bits per heavy atom. The molecule has 304 valence electrons. The van der Waals surface area contributed by atoms with Gasteiger partial charge in [0.25, 0.3) is 0 Å². The number of hydrogen-bond donors (Lipinski definition) is 0. The first kappa shape index (κ1) is 47.5. The van der Waals surface area contributed by atoms with Crippen molar-refractivity contribution in [2.45, 2.75) is 20.3 Å². The summed E-state index contributed by atoms with van der Waals surface area (Å²) in [5, 5.41) is 4.11. The van der Waals surface area contributed by atoms with Gasteiger partial charge in [-0.25, -0.2) is 0 Å². The fourth-order valence-corrected chi connectivity index (χ4v) is 9.32. The van der Waals surface area contributed by atoms with Crippen LogP contribution >= 0.6 is 31.9 Å². The van der Waals surface area contributed by atoms with E-state index in [4.69, 9.17) is 0 Å². The van der Waals surface area contributed by atoms with E-state index in [2.05, 4.69) is 62.2 Å². The van der Waals surface area contributed by atoms with Crippen LogP contribution in [-0.2, 0) is 22.4 Å². The number of carbonyl (C=O) groups is 4. The molecule has 3 aliphatic rings. The normalized spacial score (nSPS) is 12.7. The minimum Gasteiger partial charge on any atom is -0.870 e. The largest absolute Gasteiger partial charge is 1.00 e. The van der Waals surface area contributed by atoms with Crippen LogP contribution in [0.1, 0.15) is 61.5 Å². The zero-order chi connectivity index (χ0) is 41.3. The van der Waals surface area contributed by atoms with E-state index < -0.39 is 11.6 Å². The second-order valence-corrected chi connectivity index (χ2v) is 16.4. The third-order valence-corrected chi connectivity index (χ3v) is 12.4. The van der Waals surface area contributed by atoms with Gasteiger partial charge in [-0.15, -0.1) is 0 Å². The summed E-state index contributed by atoms with van der Waals surface area (Å²) in [5.41, 5.74) is 11.2. The molecule has 0 aliphatic heterocycles. The molecule has 11 rings (SSSR count). The summed E-state index contributed by atoms with van der Waals surface area (Å²) >= 11 is 7.12. The number of carbonyl (C=O) groups excluding carboxylic acids is 4. The third kappa shape index (κ3) is 9.19. The summed E-state index contributed by atoms with van der Waals surface area (Å²) in [6.07, 6.45) is 1.05. The van der Waals surface area contributed by atoms with Crippen LogP contribution < -0.4 is 51.4 Å². The van der Waals surface area contributed by atoms with Crippen LogP contribution in [0.5, 0.6) is 0 Å². The molecule has 0 unspecified atom stereocenters. The molecular weight excluding hydrogens is 940 g/mol. The van der Waals surface area contributed by atoms with Gasteiger partial charge < -0.3 is 5.48 Å². The molecular formula is C55H39Br2KO5. The van der Waals surface area contributed by atoms with E-state index in [9.17, 15) is 19.2 Å². The van der Waals surface area contributed by atoms with E-state index in [1.54, 1.807) is 24.3 Å². The smallest absolute Gasteiger partial charge is 0.870 e. The van der Waals surface area contributed by atoms with Crippen molar-refractivity contribution >= 4 is 98.8 Å². The standard InChI is InChI=1S/C27H15BrO.C15H14O.C12H5BrO2.CH4.K.H2O/c28-21-15-14-20-24-18(21)12-7-13-19(24)25-22(16-8-3-1-4-9-16)27(29)23(26(20)25)17-10-5-2-6-11-17;16-15(11-13-7-3-1-4-8-13)12-14-9-5-2-6-10-14;13-9-5-4-8-10-6(9)2-1-3-7(10)11(14)12(8)15;;;/h1-15H;1-10H,11-12H2;1-5H;1H4;;1H2/q;;;;+1;/p-1. The molecule has 0 heterocycles. The molecule has 8 aromatic carbocycles. The molecule has 8 aromatic rings. The van der Waals surface area contributed by atoms with Gasteiger partial charge >= 0.3 is 51.4 Å². The Kier molecular flexibility index (Phi) is 15.6. The SMILES string of the molecule is C.O=C(Cc1ccccc1)Cc1ccccc1.O=C1C(=O)c2ccc(Br)c3cccc1c23.O=C1C(c2ccccc2)=C2C(=C1c1ccccc1)c1ccc(Br)c3cccc2c13.[K+].[OH-]. The van der Waals surface area contributed by atoms with Gasteiger partial charge in [-0.2, -0.15) is 0 Å². The maximum Gasteiger partial charge on any atom is 1.00 e. The molecule has 0 aromatic heterocycles. The average Bonchev–Trinajstić information content (AvgIpc) is 3.86. The van der Waals surface area contributed by atoms with Crippen LogP contribution in [0.15, 0.2) is 191 Å². The van der Waals surface area contributed by atoms with Gasteiger partial charge in [-0.3, -0.25) is 19.2 Å². The minimum atomic E-state index is -0.395. The Morgan fingerprint density at radius 1 is 0.381 bits per heavy atom. The van der Waals surface area contributed by atoms with E-state index >= 15 is 0 Å². The van der Waals surface area contributed by atoms with Crippen molar-refractivity contribution in [2.75, 3.05) is 0 Å². The molecule has 8 heteroatoms. The number of ketones is 4. The summed E-state index contributed by atoms with van der Waals surface area (Å²) in [4.78, 5) is 48.8. The molecule has 0 bridgehead atoms. The summed E-state index contributed by atoms with van der Waals surface area (Å²) in [6, 6.07) is 59.3. The molecule has 0 saturated carbocycles. The molecule has 1 N–H and O–H groups in total. The Morgan fingerprint density at radius 2 is 0.730 bits per heavy atom. The van der Waals surface area contributed by atoms with E-state index in [1.165, 1.54) is 10.8 Å². The maximum absolute atomic E-state index is 13.8. The van der Waals surface area contributed by atoms with Gasteiger partial charge in [-0.1, -0.05) is 203 Å². The van der Waals surface area contributed by atoms with Crippen LogP contribution in [0.4, 0.5) is 0 Å². The fourth-order valence-electron chi connectivity index (χ4n) is 8.39. The van der Waals surface area contributed by atoms with Crippen molar-refractivity contribution in [3.8, 4) is 0 Å². The van der Waals surface area contributed by atoms with E-state index in [0.29, 0.717) is 24.0 Å². The fraction of sp³-hybridized carbons (Fsp3) is 0.0545. The molecule has 0 amide bonds. The van der Waals surface area contributed by atoms with Gasteiger partial charge in [0, 0.05) is 60.6 Å². The van der Waals surface area contributed by atoms with Gasteiger partial charge in [-0.05, 0) is 67.7 Å². The van der Waals surface area contributed by atoms with Crippen LogP contribution in [0.2, 0.25) is 0 Å². The first-order chi connectivity index (χ1) is 29.3. The van der Waals surface area contributed by atoms with Gasteiger partial charge in [0.2, 0.25) is 11.6 Å². The van der Waals surface area contributed by atoms with Crippen molar-refractivity contribution in [1.82, 2.24) is 0 Å². The summed E-state index contributed by atoms with van der Waals surface area (Å²) in [5.74, 6) is -0.419. The van der Waals surface area contributed by atoms with Gasteiger partial charge in [0.15, 0.2) is 5.78 Å². The predicted octanol–water partition coefficient (Wildman–Crippen LogP) is 10.5. The number of hydrogen-bond acceptors (Lipinski definition) is 5. The topological polar surface area (TPSA) is 98.3 Å². The number of benzene rings is 8. The van der Waals surface area contributed by atoms with Crippen molar-refractivity contribution in [1.29, 1.82) is 0 Å². The molecule has 63 heavy (non-hydrogen) atoms.